The van der Waals surface area contributed by atoms with E-state index in [0.29, 0.717) is 12.1 Å². The fourth-order valence-electron chi connectivity index (χ4n) is 1.38. The topological polar surface area (TPSA) is 21.3 Å². The Morgan fingerprint density at radius 2 is 1.77 bits per heavy atom. The fourth-order valence-corrected chi connectivity index (χ4v) is 1.38. The van der Waals surface area contributed by atoms with E-state index in [0.717, 1.165) is 19.1 Å². The molecule has 1 unspecified atom stereocenters. The minimum Gasteiger partial charge on any atom is -0.377 e. The van der Waals surface area contributed by atoms with E-state index in [1.165, 1.54) is 6.42 Å². The molecule has 0 aliphatic rings. The summed E-state index contributed by atoms with van der Waals surface area (Å²) in [6, 6.07) is 0.521. The molecule has 0 fully saturated rings. The van der Waals surface area contributed by atoms with Gasteiger partial charge in [0.15, 0.2) is 0 Å². The summed E-state index contributed by atoms with van der Waals surface area (Å²) in [4.78, 5) is 0. The molecule has 0 aromatic rings. The second kappa shape index (κ2) is 7.34. The van der Waals surface area contributed by atoms with Gasteiger partial charge in [-0.15, -0.1) is 0 Å². The number of hydrogen-bond acceptors (Lipinski definition) is 2. The van der Waals surface area contributed by atoms with Gasteiger partial charge < -0.3 is 10.1 Å². The Balaban J connectivity index is 3.66. The number of likely N-dealkylation sites (N-methyl/N-ethyl adjacent to an activating group) is 1. The minimum atomic E-state index is 0.341. The summed E-state index contributed by atoms with van der Waals surface area (Å²) in [6.07, 6.45) is 1.54. The predicted octanol–water partition coefficient (Wildman–Crippen LogP) is 2.44. The molecule has 0 amide bonds. The number of hydrogen-bond donors (Lipinski definition) is 1. The molecule has 0 heterocycles. The van der Waals surface area contributed by atoms with Crippen molar-refractivity contribution in [2.24, 2.45) is 5.92 Å². The van der Waals surface area contributed by atoms with Gasteiger partial charge in [-0.2, -0.15) is 0 Å². The number of nitrogens with one attached hydrogen (secondary N) is 1. The van der Waals surface area contributed by atoms with Crippen LogP contribution in [0, 0.1) is 5.92 Å². The molecule has 0 spiro atoms. The van der Waals surface area contributed by atoms with Crippen LogP contribution in [-0.4, -0.2) is 25.3 Å². The van der Waals surface area contributed by atoms with Gasteiger partial charge in [0.05, 0.1) is 12.7 Å². The second-order valence-corrected chi connectivity index (χ2v) is 4.27. The van der Waals surface area contributed by atoms with E-state index in [1.54, 1.807) is 0 Å². The highest BCUT2D eigenvalue weighted by atomic mass is 16.5. The third-order valence-corrected chi connectivity index (χ3v) is 1.88. The Morgan fingerprint density at radius 3 is 2.15 bits per heavy atom. The van der Waals surface area contributed by atoms with Crippen LogP contribution < -0.4 is 5.32 Å². The van der Waals surface area contributed by atoms with Crippen molar-refractivity contribution >= 4 is 0 Å². The summed E-state index contributed by atoms with van der Waals surface area (Å²) < 4.78 is 5.59. The highest BCUT2D eigenvalue weighted by molar-refractivity contribution is 4.67. The van der Waals surface area contributed by atoms with Crippen molar-refractivity contribution in [1.82, 2.24) is 5.32 Å². The molecule has 0 saturated heterocycles. The summed E-state index contributed by atoms with van der Waals surface area (Å²) in [6.45, 7) is 12.7. The zero-order chi connectivity index (χ0) is 10.3. The molecule has 0 saturated carbocycles. The van der Waals surface area contributed by atoms with E-state index in [-0.39, 0.29) is 0 Å². The maximum atomic E-state index is 5.59. The van der Waals surface area contributed by atoms with Crippen molar-refractivity contribution in [3.05, 3.63) is 0 Å². The van der Waals surface area contributed by atoms with Gasteiger partial charge in [0.1, 0.15) is 0 Å². The molecule has 80 valence electrons. The first-order chi connectivity index (χ1) is 6.06. The standard InChI is InChI=1S/C11H25NO/c1-6-12-11(7-9(2)3)8-13-10(4)5/h9-12H,6-8H2,1-5H3. The SMILES string of the molecule is CCNC(COC(C)C)CC(C)C. The molecule has 0 radical (unpaired) electrons. The van der Waals surface area contributed by atoms with Crippen LogP contribution in [0.25, 0.3) is 0 Å². The van der Waals surface area contributed by atoms with Gasteiger partial charge in [-0.05, 0) is 32.7 Å². The molecule has 2 nitrogen and oxygen atoms in total. The van der Waals surface area contributed by atoms with Crippen LogP contribution >= 0.6 is 0 Å². The highest BCUT2D eigenvalue weighted by Gasteiger charge is 2.10. The Hall–Kier alpha value is -0.0800. The van der Waals surface area contributed by atoms with Crippen molar-refractivity contribution in [3.63, 3.8) is 0 Å². The average Bonchev–Trinajstić information content (AvgIpc) is 1.99. The molecule has 0 aliphatic carbocycles. The van der Waals surface area contributed by atoms with Crippen molar-refractivity contribution in [2.45, 2.75) is 53.2 Å². The maximum Gasteiger partial charge on any atom is 0.0623 e. The van der Waals surface area contributed by atoms with E-state index in [1.807, 2.05) is 0 Å². The van der Waals surface area contributed by atoms with E-state index < -0.39 is 0 Å². The smallest absolute Gasteiger partial charge is 0.0623 e. The first kappa shape index (κ1) is 12.9. The predicted molar refractivity (Wildman–Crippen MR) is 58.0 cm³/mol. The molecule has 0 aromatic carbocycles. The van der Waals surface area contributed by atoms with E-state index in [9.17, 15) is 0 Å². The average molecular weight is 187 g/mol. The quantitative estimate of drug-likeness (QED) is 0.661. The molecule has 0 bridgehead atoms. The van der Waals surface area contributed by atoms with Crippen LogP contribution in [0.15, 0.2) is 0 Å². The van der Waals surface area contributed by atoms with Crippen LogP contribution in [-0.2, 0) is 4.74 Å². The third kappa shape index (κ3) is 8.26. The second-order valence-electron chi connectivity index (χ2n) is 4.27. The third-order valence-electron chi connectivity index (χ3n) is 1.88. The van der Waals surface area contributed by atoms with Crippen molar-refractivity contribution in [1.29, 1.82) is 0 Å². The Morgan fingerprint density at radius 1 is 1.15 bits per heavy atom. The largest absolute Gasteiger partial charge is 0.377 e. The number of ether oxygens (including phenoxy) is 1. The van der Waals surface area contributed by atoms with Gasteiger partial charge in [0.25, 0.3) is 0 Å². The van der Waals surface area contributed by atoms with Crippen molar-refractivity contribution in [3.8, 4) is 0 Å². The lowest BCUT2D eigenvalue weighted by molar-refractivity contribution is 0.0573. The molecular formula is C11H25NO. The summed E-state index contributed by atoms with van der Waals surface area (Å²) in [5, 5.41) is 3.44. The summed E-state index contributed by atoms with van der Waals surface area (Å²) in [7, 11) is 0. The van der Waals surface area contributed by atoms with Crippen molar-refractivity contribution in [2.75, 3.05) is 13.2 Å². The summed E-state index contributed by atoms with van der Waals surface area (Å²) in [5.41, 5.74) is 0. The molecule has 1 atom stereocenters. The number of rotatable bonds is 7. The van der Waals surface area contributed by atoms with Crippen LogP contribution in [0.1, 0.15) is 41.0 Å². The Kier molecular flexibility index (Phi) is 7.29. The normalized spacial score (nSPS) is 14.1. The summed E-state index contributed by atoms with van der Waals surface area (Å²) in [5.74, 6) is 0.736. The lowest BCUT2D eigenvalue weighted by atomic mass is 10.0. The molecule has 1 N–H and O–H groups in total. The molecule has 0 aromatic heterocycles. The zero-order valence-corrected chi connectivity index (χ0v) is 9.76. The van der Waals surface area contributed by atoms with Gasteiger partial charge in [0, 0.05) is 6.04 Å². The minimum absolute atomic E-state index is 0.341. The zero-order valence-electron chi connectivity index (χ0n) is 9.76. The van der Waals surface area contributed by atoms with Gasteiger partial charge in [-0.3, -0.25) is 0 Å². The van der Waals surface area contributed by atoms with Crippen LogP contribution in [0.4, 0.5) is 0 Å². The first-order valence-electron chi connectivity index (χ1n) is 5.41. The van der Waals surface area contributed by atoms with Crippen LogP contribution in [0.3, 0.4) is 0 Å². The van der Waals surface area contributed by atoms with Crippen LogP contribution in [0.2, 0.25) is 0 Å². The fraction of sp³-hybridized carbons (Fsp3) is 1.00. The highest BCUT2D eigenvalue weighted by Crippen LogP contribution is 2.05. The maximum absolute atomic E-state index is 5.59. The monoisotopic (exact) mass is 187 g/mol. The lowest BCUT2D eigenvalue weighted by Crippen LogP contribution is -2.35. The Labute approximate surface area is 83.1 Å². The van der Waals surface area contributed by atoms with E-state index in [2.05, 4.69) is 39.9 Å². The van der Waals surface area contributed by atoms with E-state index >= 15 is 0 Å². The van der Waals surface area contributed by atoms with Crippen molar-refractivity contribution < 1.29 is 4.74 Å². The summed E-state index contributed by atoms with van der Waals surface area (Å²) >= 11 is 0. The molecule has 2 heteroatoms. The molecule has 0 rings (SSSR count). The Bertz CT molecular complexity index is 113. The lowest BCUT2D eigenvalue weighted by Gasteiger charge is -2.21. The molecule has 0 aliphatic heterocycles. The molecular weight excluding hydrogens is 162 g/mol. The van der Waals surface area contributed by atoms with Gasteiger partial charge >= 0.3 is 0 Å². The van der Waals surface area contributed by atoms with Gasteiger partial charge in [-0.1, -0.05) is 20.8 Å². The first-order valence-corrected chi connectivity index (χ1v) is 5.41. The van der Waals surface area contributed by atoms with E-state index in [4.69, 9.17) is 4.74 Å². The molecule has 13 heavy (non-hydrogen) atoms. The van der Waals surface area contributed by atoms with Gasteiger partial charge in [-0.25, -0.2) is 0 Å². The van der Waals surface area contributed by atoms with Crippen LogP contribution in [0.5, 0.6) is 0 Å². The van der Waals surface area contributed by atoms with Gasteiger partial charge in [0.2, 0.25) is 0 Å².